The van der Waals surface area contributed by atoms with Gasteiger partial charge in [0, 0.05) is 27.9 Å². The van der Waals surface area contributed by atoms with Crippen molar-refractivity contribution in [1.82, 2.24) is 10.6 Å². The molecular formula is C33H42N2O5. The van der Waals surface area contributed by atoms with Crippen LogP contribution in [0.3, 0.4) is 0 Å². The van der Waals surface area contributed by atoms with Gasteiger partial charge in [-0.25, -0.2) is 0 Å². The average Bonchev–Trinajstić information content (AvgIpc) is 3.52. The minimum atomic E-state index is -0.291. The maximum Gasteiger partial charge on any atom is 0.298 e. The molecule has 0 aromatic heterocycles. The molecule has 0 spiro atoms. The molecule has 3 N–H and O–H groups in total. The number of rotatable bonds is 13. The van der Waals surface area contributed by atoms with E-state index in [1.54, 1.807) is 25.1 Å². The van der Waals surface area contributed by atoms with Gasteiger partial charge in [-0.15, -0.1) is 0 Å². The van der Waals surface area contributed by atoms with Crippen molar-refractivity contribution in [2.75, 3.05) is 13.2 Å². The lowest BCUT2D eigenvalue weighted by molar-refractivity contribution is -0.120. The maximum absolute atomic E-state index is 12.9. The van der Waals surface area contributed by atoms with Crippen LogP contribution in [0, 0.1) is 12.8 Å². The standard InChI is InChI=1S/C33H42N2O5/c1-22(2)6-7-26-19-28(8-10-29(26)37)32(38)35-23(3)18-27-9-11-30(24(4)31(27)40-21-36)39-17-5-16-34-33-14-12-25(20-33)13-15-33/h6,8-11,18-19,21,25,34,37H,5,7,12-17,20H2,1-4H3,(H,35,38)/b23-18+. The first-order chi connectivity index (χ1) is 19.2. The first kappa shape index (κ1) is 29.4. The van der Waals surface area contributed by atoms with Crippen molar-refractivity contribution >= 4 is 18.5 Å². The Bertz CT molecular complexity index is 1280. The number of amides is 1. The minimum Gasteiger partial charge on any atom is -0.508 e. The van der Waals surface area contributed by atoms with Gasteiger partial charge in [-0.1, -0.05) is 11.6 Å². The number of fused-ring (bicyclic) bond motifs is 2. The normalized spacial score (nSPS) is 19.8. The Balaban J connectivity index is 1.37. The van der Waals surface area contributed by atoms with Crippen LogP contribution in [0.2, 0.25) is 0 Å². The third kappa shape index (κ3) is 7.33. The van der Waals surface area contributed by atoms with Gasteiger partial charge in [0.25, 0.3) is 12.4 Å². The van der Waals surface area contributed by atoms with Gasteiger partial charge in [0.15, 0.2) is 0 Å². The summed E-state index contributed by atoms with van der Waals surface area (Å²) in [6, 6.07) is 8.52. The largest absolute Gasteiger partial charge is 0.508 e. The van der Waals surface area contributed by atoms with Crippen molar-refractivity contribution in [2.45, 2.75) is 78.2 Å². The van der Waals surface area contributed by atoms with Gasteiger partial charge >= 0.3 is 0 Å². The third-order valence-corrected chi connectivity index (χ3v) is 8.13. The second kappa shape index (κ2) is 13.2. The average molecular weight is 547 g/mol. The number of aromatic hydroxyl groups is 1. The lowest BCUT2D eigenvalue weighted by Gasteiger charge is -2.28. The lowest BCUT2D eigenvalue weighted by atomic mass is 9.94. The molecule has 4 rings (SSSR count). The quantitative estimate of drug-likeness (QED) is 0.157. The van der Waals surface area contributed by atoms with E-state index in [-0.39, 0.29) is 11.7 Å². The summed E-state index contributed by atoms with van der Waals surface area (Å²) in [5.41, 5.74) is 4.59. The van der Waals surface area contributed by atoms with Crippen LogP contribution in [0.4, 0.5) is 0 Å². The number of hydrogen-bond donors (Lipinski definition) is 3. The van der Waals surface area contributed by atoms with E-state index < -0.39 is 0 Å². The van der Waals surface area contributed by atoms with E-state index in [9.17, 15) is 14.7 Å². The summed E-state index contributed by atoms with van der Waals surface area (Å²) < 4.78 is 11.4. The molecule has 7 heteroatoms. The summed E-state index contributed by atoms with van der Waals surface area (Å²) >= 11 is 0. The fourth-order valence-corrected chi connectivity index (χ4v) is 5.94. The van der Waals surface area contributed by atoms with Crippen LogP contribution in [0.25, 0.3) is 6.08 Å². The van der Waals surface area contributed by atoms with Crippen molar-refractivity contribution < 1.29 is 24.2 Å². The molecule has 2 aliphatic carbocycles. The third-order valence-electron chi connectivity index (χ3n) is 8.13. The second-order valence-electron chi connectivity index (χ2n) is 11.5. The molecule has 2 aromatic rings. The van der Waals surface area contributed by atoms with E-state index in [0.29, 0.717) is 58.9 Å². The summed E-state index contributed by atoms with van der Waals surface area (Å²) in [7, 11) is 0. The number of phenols is 1. The Labute approximate surface area is 237 Å². The molecule has 2 bridgehead atoms. The zero-order chi connectivity index (χ0) is 28.7. The van der Waals surface area contributed by atoms with Gasteiger partial charge in [-0.2, -0.15) is 0 Å². The topological polar surface area (TPSA) is 96.9 Å². The van der Waals surface area contributed by atoms with Crippen molar-refractivity contribution in [3.05, 3.63) is 69.9 Å². The fourth-order valence-electron chi connectivity index (χ4n) is 5.94. The molecule has 2 aliphatic rings. The molecule has 0 radical (unpaired) electrons. The van der Waals surface area contributed by atoms with Gasteiger partial charge in [0.2, 0.25) is 0 Å². The van der Waals surface area contributed by atoms with Crippen molar-refractivity contribution in [1.29, 1.82) is 0 Å². The summed E-state index contributed by atoms with van der Waals surface area (Å²) in [6.07, 6.45) is 11.8. The fraction of sp³-hybridized carbons (Fsp3) is 0.455. The zero-order valence-corrected chi connectivity index (χ0v) is 24.1. The molecule has 0 aliphatic heterocycles. The highest BCUT2D eigenvalue weighted by Gasteiger charge is 2.43. The molecule has 7 nitrogen and oxygen atoms in total. The summed E-state index contributed by atoms with van der Waals surface area (Å²) in [5, 5.41) is 16.8. The highest BCUT2D eigenvalue weighted by molar-refractivity contribution is 5.96. The number of ether oxygens (including phenoxy) is 2. The SMILES string of the molecule is CC(C)=CCc1cc(C(=O)N/C(C)=C/c2ccc(OCCCNC34CCC(CC3)C4)c(C)c2OC=O)ccc1O. The Hall–Kier alpha value is -3.58. The number of carbonyl (C=O) groups is 2. The first-order valence-electron chi connectivity index (χ1n) is 14.3. The molecule has 2 fully saturated rings. The molecule has 2 aromatic carbocycles. The highest BCUT2D eigenvalue weighted by Crippen LogP contribution is 2.47. The van der Waals surface area contributed by atoms with Crippen LogP contribution in [-0.4, -0.2) is 36.2 Å². The Kier molecular flexibility index (Phi) is 9.69. The number of hydrogen-bond acceptors (Lipinski definition) is 6. The number of benzene rings is 2. The molecule has 1 amide bonds. The van der Waals surface area contributed by atoms with E-state index in [2.05, 4.69) is 10.6 Å². The molecule has 40 heavy (non-hydrogen) atoms. The van der Waals surface area contributed by atoms with Crippen LogP contribution in [-0.2, 0) is 11.2 Å². The number of nitrogens with one attached hydrogen (secondary N) is 2. The molecule has 0 heterocycles. The van der Waals surface area contributed by atoms with Gasteiger partial charge in [-0.3, -0.25) is 9.59 Å². The van der Waals surface area contributed by atoms with Crippen LogP contribution < -0.4 is 20.1 Å². The lowest BCUT2D eigenvalue weighted by Crippen LogP contribution is -2.41. The van der Waals surface area contributed by atoms with Crippen molar-refractivity contribution in [2.24, 2.45) is 5.92 Å². The number of phenolic OH excluding ortho intramolecular Hbond substituents is 1. The summed E-state index contributed by atoms with van der Waals surface area (Å²) in [4.78, 5) is 24.2. The first-order valence-corrected chi connectivity index (χ1v) is 14.3. The van der Waals surface area contributed by atoms with Crippen molar-refractivity contribution in [3.8, 4) is 17.2 Å². The summed E-state index contributed by atoms with van der Waals surface area (Å²) in [6.45, 7) is 9.52. The second-order valence-corrected chi connectivity index (χ2v) is 11.5. The smallest absolute Gasteiger partial charge is 0.298 e. The Morgan fingerprint density at radius 3 is 2.60 bits per heavy atom. The predicted molar refractivity (Wildman–Crippen MR) is 158 cm³/mol. The highest BCUT2D eigenvalue weighted by atomic mass is 16.5. The van der Waals surface area contributed by atoms with Crippen LogP contribution in [0.15, 0.2) is 47.7 Å². The number of carbonyl (C=O) groups excluding carboxylic acids is 2. The van der Waals surface area contributed by atoms with Crippen LogP contribution >= 0.6 is 0 Å². The van der Waals surface area contributed by atoms with E-state index in [0.717, 1.165) is 30.0 Å². The Morgan fingerprint density at radius 1 is 1.15 bits per heavy atom. The van der Waals surface area contributed by atoms with Crippen LogP contribution in [0.1, 0.15) is 86.3 Å². The summed E-state index contributed by atoms with van der Waals surface area (Å²) in [5.74, 6) is 1.86. The minimum absolute atomic E-state index is 0.159. The molecule has 0 saturated heterocycles. The monoisotopic (exact) mass is 546 g/mol. The van der Waals surface area contributed by atoms with E-state index in [1.165, 1.54) is 38.2 Å². The number of allylic oxidation sites excluding steroid dienone is 3. The van der Waals surface area contributed by atoms with Gasteiger partial charge in [0.05, 0.1) is 6.61 Å². The zero-order valence-electron chi connectivity index (χ0n) is 24.1. The molecule has 0 unspecified atom stereocenters. The van der Waals surface area contributed by atoms with E-state index >= 15 is 0 Å². The maximum atomic E-state index is 12.9. The van der Waals surface area contributed by atoms with Gasteiger partial charge in [0.1, 0.15) is 17.2 Å². The van der Waals surface area contributed by atoms with E-state index in [1.807, 2.05) is 39.0 Å². The molecular weight excluding hydrogens is 504 g/mol. The van der Waals surface area contributed by atoms with E-state index in [4.69, 9.17) is 9.47 Å². The van der Waals surface area contributed by atoms with Gasteiger partial charge < -0.3 is 25.2 Å². The van der Waals surface area contributed by atoms with Crippen LogP contribution in [0.5, 0.6) is 17.2 Å². The molecule has 214 valence electrons. The molecule has 2 saturated carbocycles. The van der Waals surface area contributed by atoms with Gasteiger partial charge in [-0.05, 0) is 127 Å². The predicted octanol–water partition coefficient (Wildman–Crippen LogP) is 6.23. The Morgan fingerprint density at radius 2 is 1.93 bits per heavy atom. The van der Waals surface area contributed by atoms with Crippen molar-refractivity contribution in [3.63, 3.8) is 0 Å². The molecule has 0 atom stereocenters.